The Labute approximate surface area is 118 Å². The summed E-state index contributed by atoms with van der Waals surface area (Å²) in [5, 5.41) is 12.8. The van der Waals surface area contributed by atoms with Crippen molar-refractivity contribution in [1.82, 2.24) is 19.9 Å². The molecule has 0 bridgehead atoms. The number of aliphatic carboxylic acids is 1. The van der Waals surface area contributed by atoms with Gasteiger partial charge in [-0.1, -0.05) is 25.9 Å². The van der Waals surface area contributed by atoms with Crippen LogP contribution < -0.4 is 0 Å². The van der Waals surface area contributed by atoms with E-state index in [-0.39, 0.29) is 12.0 Å². The molecule has 0 saturated carbocycles. The first-order valence-corrected chi connectivity index (χ1v) is 6.84. The van der Waals surface area contributed by atoms with Crippen LogP contribution in [-0.2, 0) is 16.8 Å². The standard InChI is InChI=1S/C13H22N4O3/c1-13(2,3)12-14-10(20-15-12)8-16-4-6-17(7-5-16)9-11(18)19/h4-9H2,1-3H3,(H,18,19). The number of carboxylic acid groups (broad SMARTS) is 1. The summed E-state index contributed by atoms with van der Waals surface area (Å²) < 4.78 is 5.27. The van der Waals surface area contributed by atoms with Crippen LogP contribution in [0.5, 0.6) is 0 Å². The van der Waals surface area contributed by atoms with Gasteiger partial charge in [-0.3, -0.25) is 14.6 Å². The predicted octanol–water partition coefficient (Wildman–Crippen LogP) is 0.569. The fourth-order valence-electron chi connectivity index (χ4n) is 2.11. The summed E-state index contributed by atoms with van der Waals surface area (Å²) in [4.78, 5) is 19.2. The Morgan fingerprint density at radius 3 is 2.35 bits per heavy atom. The lowest BCUT2D eigenvalue weighted by atomic mass is 9.96. The second-order valence-electron chi connectivity index (χ2n) is 6.21. The van der Waals surface area contributed by atoms with E-state index >= 15 is 0 Å². The number of carboxylic acids is 1. The van der Waals surface area contributed by atoms with Crippen LogP contribution in [0.25, 0.3) is 0 Å². The zero-order valence-corrected chi connectivity index (χ0v) is 12.3. The largest absolute Gasteiger partial charge is 0.480 e. The SMILES string of the molecule is CC(C)(C)c1noc(CN2CCN(CC(=O)O)CC2)n1. The molecule has 1 aliphatic heterocycles. The van der Waals surface area contributed by atoms with E-state index in [0.717, 1.165) is 32.0 Å². The summed E-state index contributed by atoms with van der Waals surface area (Å²) in [6.45, 7) is 10.0. The fraction of sp³-hybridized carbons (Fsp3) is 0.769. The summed E-state index contributed by atoms with van der Waals surface area (Å²) in [5.41, 5.74) is -0.109. The smallest absolute Gasteiger partial charge is 0.317 e. The third-order valence-electron chi connectivity index (χ3n) is 3.32. The lowest BCUT2D eigenvalue weighted by Crippen LogP contribution is -2.47. The molecule has 1 N–H and O–H groups in total. The van der Waals surface area contributed by atoms with E-state index in [9.17, 15) is 4.79 Å². The molecule has 1 aromatic rings. The van der Waals surface area contributed by atoms with Crippen LogP contribution in [-0.4, -0.2) is 63.7 Å². The molecule has 7 heteroatoms. The van der Waals surface area contributed by atoms with Crippen molar-refractivity contribution >= 4 is 5.97 Å². The number of piperazine rings is 1. The number of hydrogen-bond donors (Lipinski definition) is 1. The van der Waals surface area contributed by atoms with E-state index in [4.69, 9.17) is 9.63 Å². The number of aromatic nitrogens is 2. The third kappa shape index (κ3) is 4.01. The molecule has 0 amide bonds. The lowest BCUT2D eigenvalue weighted by Gasteiger charge is -2.32. The quantitative estimate of drug-likeness (QED) is 0.864. The Balaban J connectivity index is 1.84. The van der Waals surface area contributed by atoms with Gasteiger partial charge in [-0.2, -0.15) is 4.98 Å². The zero-order valence-electron chi connectivity index (χ0n) is 12.3. The molecule has 0 spiro atoms. The maximum Gasteiger partial charge on any atom is 0.317 e. The molecular formula is C13H22N4O3. The molecule has 20 heavy (non-hydrogen) atoms. The first-order chi connectivity index (χ1) is 9.34. The Bertz CT molecular complexity index is 458. The number of hydrogen-bond acceptors (Lipinski definition) is 6. The molecule has 0 aliphatic carbocycles. The van der Waals surface area contributed by atoms with Crippen LogP contribution in [0.4, 0.5) is 0 Å². The molecular weight excluding hydrogens is 260 g/mol. The summed E-state index contributed by atoms with van der Waals surface area (Å²) in [6, 6.07) is 0. The molecule has 0 aromatic carbocycles. The van der Waals surface area contributed by atoms with Gasteiger partial charge in [0.1, 0.15) is 0 Å². The molecule has 1 fully saturated rings. The van der Waals surface area contributed by atoms with Crippen molar-refractivity contribution in [2.24, 2.45) is 0 Å². The number of nitrogens with zero attached hydrogens (tertiary/aromatic N) is 4. The van der Waals surface area contributed by atoms with Gasteiger partial charge in [0.2, 0.25) is 5.89 Å². The van der Waals surface area contributed by atoms with Crippen LogP contribution in [0.15, 0.2) is 4.52 Å². The molecule has 1 saturated heterocycles. The molecule has 0 unspecified atom stereocenters. The van der Waals surface area contributed by atoms with E-state index in [2.05, 4.69) is 15.0 Å². The Hall–Kier alpha value is -1.47. The third-order valence-corrected chi connectivity index (χ3v) is 3.32. The minimum absolute atomic E-state index is 0.109. The van der Waals surface area contributed by atoms with Crippen molar-refractivity contribution in [3.8, 4) is 0 Å². The molecule has 7 nitrogen and oxygen atoms in total. The van der Waals surface area contributed by atoms with Crippen LogP contribution in [0, 0.1) is 0 Å². The van der Waals surface area contributed by atoms with Gasteiger partial charge in [0, 0.05) is 31.6 Å². The maximum atomic E-state index is 10.6. The van der Waals surface area contributed by atoms with Crippen molar-refractivity contribution in [3.05, 3.63) is 11.7 Å². The van der Waals surface area contributed by atoms with Crippen LogP contribution >= 0.6 is 0 Å². The van der Waals surface area contributed by atoms with E-state index in [1.54, 1.807) is 0 Å². The van der Waals surface area contributed by atoms with Gasteiger partial charge in [-0.25, -0.2) is 0 Å². The highest BCUT2D eigenvalue weighted by atomic mass is 16.5. The van der Waals surface area contributed by atoms with Gasteiger partial charge in [0.05, 0.1) is 13.1 Å². The first-order valence-electron chi connectivity index (χ1n) is 6.84. The molecule has 1 aromatic heterocycles. The van der Waals surface area contributed by atoms with Gasteiger partial charge in [0.15, 0.2) is 5.82 Å². The summed E-state index contributed by atoms with van der Waals surface area (Å²) in [6.07, 6.45) is 0. The van der Waals surface area contributed by atoms with Gasteiger partial charge >= 0.3 is 5.97 Å². The Morgan fingerprint density at radius 1 is 1.25 bits per heavy atom. The van der Waals surface area contributed by atoms with Crippen molar-refractivity contribution < 1.29 is 14.4 Å². The highest BCUT2D eigenvalue weighted by molar-refractivity contribution is 5.69. The van der Waals surface area contributed by atoms with Gasteiger partial charge in [-0.15, -0.1) is 0 Å². The van der Waals surface area contributed by atoms with Crippen molar-refractivity contribution in [2.75, 3.05) is 32.7 Å². The van der Waals surface area contributed by atoms with E-state index in [1.807, 2.05) is 25.7 Å². The highest BCUT2D eigenvalue weighted by Crippen LogP contribution is 2.19. The Morgan fingerprint density at radius 2 is 1.85 bits per heavy atom. The normalized spacial score (nSPS) is 18.4. The number of rotatable bonds is 4. The minimum atomic E-state index is -0.773. The summed E-state index contributed by atoms with van der Waals surface area (Å²) in [5.74, 6) is 0.573. The molecule has 2 heterocycles. The monoisotopic (exact) mass is 282 g/mol. The topological polar surface area (TPSA) is 82.7 Å². The van der Waals surface area contributed by atoms with E-state index in [1.165, 1.54) is 0 Å². The van der Waals surface area contributed by atoms with Crippen molar-refractivity contribution in [1.29, 1.82) is 0 Å². The lowest BCUT2D eigenvalue weighted by molar-refractivity contribution is -0.138. The number of carbonyl (C=O) groups is 1. The maximum absolute atomic E-state index is 10.6. The molecule has 112 valence electrons. The van der Waals surface area contributed by atoms with Gasteiger partial charge in [-0.05, 0) is 0 Å². The average molecular weight is 282 g/mol. The highest BCUT2D eigenvalue weighted by Gasteiger charge is 2.23. The fourth-order valence-corrected chi connectivity index (χ4v) is 2.11. The van der Waals surface area contributed by atoms with Crippen molar-refractivity contribution in [2.45, 2.75) is 32.7 Å². The van der Waals surface area contributed by atoms with Gasteiger partial charge in [0.25, 0.3) is 0 Å². The molecule has 0 radical (unpaired) electrons. The zero-order chi connectivity index (χ0) is 14.8. The molecule has 1 aliphatic rings. The van der Waals surface area contributed by atoms with Crippen LogP contribution in [0.3, 0.4) is 0 Å². The van der Waals surface area contributed by atoms with Crippen molar-refractivity contribution in [3.63, 3.8) is 0 Å². The van der Waals surface area contributed by atoms with Crippen LogP contribution in [0.2, 0.25) is 0 Å². The molecule has 2 rings (SSSR count). The average Bonchev–Trinajstić information content (AvgIpc) is 2.79. The Kier molecular flexibility index (Phi) is 4.39. The second kappa shape index (κ2) is 5.88. The second-order valence-corrected chi connectivity index (χ2v) is 6.21. The van der Waals surface area contributed by atoms with Gasteiger partial charge < -0.3 is 9.63 Å². The minimum Gasteiger partial charge on any atom is -0.480 e. The molecule has 0 atom stereocenters. The summed E-state index contributed by atoms with van der Waals surface area (Å²) in [7, 11) is 0. The summed E-state index contributed by atoms with van der Waals surface area (Å²) >= 11 is 0. The first kappa shape index (κ1) is 14.9. The van der Waals surface area contributed by atoms with E-state index in [0.29, 0.717) is 12.4 Å². The van der Waals surface area contributed by atoms with E-state index < -0.39 is 5.97 Å². The predicted molar refractivity (Wildman–Crippen MR) is 72.4 cm³/mol. The van der Waals surface area contributed by atoms with Crippen LogP contribution in [0.1, 0.15) is 32.5 Å².